The van der Waals surface area contributed by atoms with E-state index in [1.54, 1.807) is 0 Å². The number of aliphatic hydroxyl groups excluding tert-OH is 10. The van der Waals surface area contributed by atoms with Crippen LogP contribution in [-0.4, -0.2) is 197 Å². The standard InChI is InChI=1S/C43H48O25/c1-60-22-9-15(8-20(49)28(22)51)2-7-26(50)66-39-34(57)30(53)24(13-45)64-42(39)68-40-35(58)31(54)25(14-46)65-43(40)67-38-32(55)27-19(48)10-18(61-41-36(59)33(56)29(52)23(12-44)63-41)11-21(27)62-37(38)16-3-5-17(47)6-4-16/h2-11,23-25,29-31,33-36,39-49,51-54,56-59H,12-14H2,1H3. The number of ether oxygens (including phenoxy) is 8. The summed E-state index contributed by atoms with van der Waals surface area (Å²) in [7, 11) is 1.21. The highest BCUT2D eigenvalue weighted by Gasteiger charge is 2.53. The van der Waals surface area contributed by atoms with Crippen LogP contribution < -0.4 is 19.6 Å². The van der Waals surface area contributed by atoms with Gasteiger partial charge in [-0.15, -0.1) is 0 Å². The molecule has 0 amide bonds. The molecule has 25 nitrogen and oxygen atoms in total. The SMILES string of the molecule is COc1cc(C=CC(=O)OC2C(OC3C(Oc4c(-c5ccc(O)cc5)oc5cc(OC6OC(CO)C(O)C(O)C6O)cc(O)c5c4=O)OC(CO)C(O)C3O)OC(CO)C(O)C2O)cc(O)c1O. The summed E-state index contributed by atoms with van der Waals surface area (Å²) in [6, 6.07) is 9.22. The number of phenolic OH excluding ortho intramolecular Hbond substituents is 4. The molecule has 3 aliphatic heterocycles. The molecule has 0 aliphatic carbocycles. The summed E-state index contributed by atoms with van der Waals surface area (Å²) in [6.45, 7) is -2.70. The van der Waals surface area contributed by atoms with E-state index in [1.165, 1.54) is 37.4 Å². The third-order valence-corrected chi connectivity index (χ3v) is 11.3. The van der Waals surface area contributed by atoms with E-state index in [2.05, 4.69) is 0 Å². The molecule has 1 aromatic heterocycles. The first kappa shape index (κ1) is 50.0. The van der Waals surface area contributed by atoms with Gasteiger partial charge in [-0.2, -0.15) is 0 Å². The number of methoxy groups -OCH3 is 1. The van der Waals surface area contributed by atoms with Gasteiger partial charge in [0, 0.05) is 23.8 Å². The van der Waals surface area contributed by atoms with Crippen LogP contribution in [-0.2, 0) is 28.5 Å². The van der Waals surface area contributed by atoms with Gasteiger partial charge in [-0.05, 0) is 48.0 Å². The van der Waals surface area contributed by atoms with Gasteiger partial charge < -0.3 is 114 Å². The average molecular weight is 965 g/mol. The quantitative estimate of drug-likeness (QED) is 0.0335. The van der Waals surface area contributed by atoms with Gasteiger partial charge in [-0.25, -0.2) is 4.79 Å². The number of carbonyl (C=O) groups excluding carboxylic acids is 1. The summed E-state index contributed by atoms with van der Waals surface area (Å²) >= 11 is 0. The van der Waals surface area contributed by atoms with Crippen molar-refractivity contribution in [1.82, 2.24) is 0 Å². The van der Waals surface area contributed by atoms with Gasteiger partial charge in [0.1, 0.15) is 89.3 Å². The molecule has 7 rings (SSSR count). The Labute approximate surface area is 382 Å². The van der Waals surface area contributed by atoms with Crippen molar-refractivity contribution in [3.8, 4) is 51.6 Å². The van der Waals surface area contributed by atoms with E-state index < -0.39 is 163 Å². The third kappa shape index (κ3) is 9.98. The van der Waals surface area contributed by atoms with Crippen molar-refractivity contribution in [3.05, 3.63) is 70.4 Å². The number of hydrogen-bond acceptors (Lipinski definition) is 25. The van der Waals surface area contributed by atoms with Crippen molar-refractivity contribution in [2.75, 3.05) is 26.9 Å². The number of fused-ring (bicyclic) bond motifs is 1. The number of rotatable bonds is 14. The van der Waals surface area contributed by atoms with Gasteiger partial charge in [0.05, 0.1) is 26.9 Å². The number of esters is 1. The van der Waals surface area contributed by atoms with Crippen LogP contribution in [0.3, 0.4) is 0 Å². The lowest BCUT2D eigenvalue weighted by Gasteiger charge is -2.46. The highest BCUT2D eigenvalue weighted by atomic mass is 16.8. The molecule has 15 unspecified atom stereocenters. The highest BCUT2D eigenvalue weighted by Crippen LogP contribution is 2.40. The number of aliphatic hydroxyl groups is 10. The molecule has 0 spiro atoms. The first-order chi connectivity index (χ1) is 32.4. The summed E-state index contributed by atoms with van der Waals surface area (Å²) in [5.74, 6) is -5.21. The Bertz CT molecular complexity index is 2490. The average Bonchev–Trinajstić information content (AvgIpc) is 3.32. The summed E-state index contributed by atoms with van der Waals surface area (Å²) < 4.78 is 51.0. The summed E-state index contributed by atoms with van der Waals surface area (Å²) in [4.78, 5) is 27.7. The van der Waals surface area contributed by atoms with Gasteiger partial charge in [0.2, 0.25) is 29.5 Å². The third-order valence-electron chi connectivity index (χ3n) is 11.3. The monoisotopic (exact) mass is 964 g/mol. The van der Waals surface area contributed by atoms with E-state index in [9.17, 15) is 81.1 Å². The van der Waals surface area contributed by atoms with E-state index in [-0.39, 0.29) is 28.4 Å². The lowest BCUT2D eigenvalue weighted by Crippen LogP contribution is -2.65. The maximum absolute atomic E-state index is 14.5. The minimum Gasteiger partial charge on any atom is -0.508 e. The number of phenols is 4. The first-order valence-corrected chi connectivity index (χ1v) is 20.6. The molecule has 25 heteroatoms. The van der Waals surface area contributed by atoms with E-state index >= 15 is 0 Å². The molecule has 3 fully saturated rings. The van der Waals surface area contributed by atoms with Crippen LogP contribution in [0.2, 0.25) is 0 Å². The van der Waals surface area contributed by atoms with Crippen molar-refractivity contribution < 1.29 is 119 Å². The smallest absolute Gasteiger partial charge is 0.331 e. The normalized spacial score (nSPS) is 32.0. The van der Waals surface area contributed by atoms with Crippen LogP contribution in [0.5, 0.6) is 40.2 Å². The molecule has 4 heterocycles. The zero-order valence-electron chi connectivity index (χ0n) is 35.3. The molecule has 14 N–H and O–H groups in total. The zero-order chi connectivity index (χ0) is 49.3. The summed E-state index contributed by atoms with van der Waals surface area (Å²) in [6.07, 6.45) is -26.3. The Kier molecular flexibility index (Phi) is 15.3. The maximum atomic E-state index is 14.5. The molecule has 3 aliphatic rings. The molecule has 15 atom stereocenters. The predicted octanol–water partition coefficient (Wildman–Crippen LogP) is -3.26. The zero-order valence-corrected chi connectivity index (χ0v) is 35.3. The van der Waals surface area contributed by atoms with Crippen LogP contribution in [0.15, 0.2) is 63.8 Å². The van der Waals surface area contributed by atoms with Crippen molar-refractivity contribution in [3.63, 3.8) is 0 Å². The molecule has 0 saturated carbocycles. The van der Waals surface area contributed by atoms with Gasteiger partial charge >= 0.3 is 5.97 Å². The Morgan fingerprint density at radius 1 is 0.662 bits per heavy atom. The van der Waals surface area contributed by atoms with Gasteiger partial charge in [-0.3, -0.25) is 4.79 Å². The van der Waals surface area contributed by atoms with E-state index in [0.717, 1.165) is 30.4 Å². The molecule has 370 valence electrons. The number of hydrogen-bond donors (Lipinski definition) is 14. The van der Waals surface area contributed by atoms with E-state index in [0.29, 0.717) is 0 Å². The lowest BCUT2D eigenvalue weighted by atomic mass is 9.97. The Balaban J connectivity index is 1.24. The van der Waals surface area contributed by atoms with Crippen molar-refractivity contribution >= 4 is 23.0 Å². The molecule has 0 bridgehead atoms. The molecule has 3 aromatic carbocycles. The summed E-state index contributed by atoms with van der Waals surface area (Å²) in [5.41, 5.74) is -1.42. The van der Waals surface area contributed by atoms with Crippen LogP contribution >= 0.6 is 0 Å². The highest BCUT2D eigenvalue weighted by molar-refractivity contribution is 5.89. The second-order valence-electron chi connectivity index (χ2n) is 15.7. The number of aromatic hydroxyl groups is 4. The van der Waals surface area contributed by atoms with Gasteiger partial charge in [-0.1, -0.05) is 0 Å². The molecular weight excluding hydrogens is 916 g/mol. The minimum absolute atomic E-state index is 0.0172. The fraction of sp³-hybridized carbons (Fsp3) is 0.442. The number of carbonyl (C=O) groups is 1. The molecule has 68 heavy (non-hydrogen) atoms. The van der Waals surface area contributed by atoms with Crippen LogP contribution in [0.25, 0.3) is 28.4 Å². The molecule has 4 aromatic rings. The fourth-order valence-electron chi connectivity index (χ4n) is 7.60. The summed E-state index contributed by atoms with van der Waals surface area (Å²) in [5, 5.41) is 146. The lowest BCUT2D eigenvalue weighted by molar-refractivity contribution is -0.358. The van der Waals surface area contributed by atoms with Crippen LogP contribution in [0.1, 0.15) is 5.56 Å². The molecule has 3 saturated heterocycles. The van der Waals surface area contributed by atoms with Crippen LogP contribution in [0.4, 0.5) is 0 Å². The topological polar surface area (TPSA) is 404 Å². The first-order valence-electron chi connectivity index (χ1n) is 20.6. The molecule has 0 radical (unpaired) electrons. The second kappa shape index (κ2) is 20.8. The van der Waals surface area contributed by atoms with Gasteiger partial charge in [0.25, 0.3) is 0 Å². The Morgan fingerprint density at radius 2 is 1.25 bits per heavy atom. The fourth-order valence-corrected chi connectivity index (χ4v) is 7.60. The molecular formula is C43H48O25. The Hall–Kier alpha value is -5.88. The second-order valence-corrected chi connectivity index (χ2v) is 15.7. The van der Waals surface area contributed by atoms with Crippen molar-refractivity contribution in [1.29, 1.82) is 0 Å². The largest absolute Gasteiger partial charge is 0.508 e. The van der Waals surface area contributed by atoms with E-state index in [4.69, 9.17) is 42.3 Å². The predicted molar refractivity (Wildman–Crippen MR) is 222 cm³/mol. The van der Waals surface area contributed by atoms with E-state index in [1.807, 2.05) is 0 Å². The maximum Gasteiger partial charge on any atom is 0.331 e. The van der Waals surface area contributed by atoms with Crippen molar-refractivity contribution in [2.45, 2.75) is 92.1 Å². The van der Waals surface area contributed by atoms with Crippen LogP contribution in [0, 0.1) is 0 Å². The Morgan fingerprint density at radius 3 is 1.87 bits per heavy atom. The van der Waals surface area contributed by atoms with Gasteiger partial charge in [0.15, 0.2) is 35.8 Å². The minimum atomic E-state index is -2.14. The number of benzene rings is 3. The van der Waals surface area contributed by atoms with Crippen molar-refractivity contribution in [2.24, 2.45) is 0 Å².